The zero-order chi connectivity index (χ0) is 22.0. The molecule has 3 aromatic rings. The van der Waals surface area contributed by atoms with E-state index in [0.717, 1.165) is 10.9 Å². The molecular weight excluding hydrogens is 489 g/mol. The van der Waals surface area contributed by atoms with Gasteiger partial charge in [-0.15, -0.1) is 0 Å². The lowest BCUT2D eigenvalue weighted by atomic mass is 10.1. The van der Waals surface area contributed by atoms with Gasteiger partial charge in [-0.3, -0.25) is 4.79 Å². The monoisotopic (exact) mass is 509 g/mol. The molecule has 0 spiro atoms. The molecule has 0 aliphatic heterocycles. The molecule has 2 aromatic carbocycles. The van der Waals surface area contributed by atoms with E-state index in [2.05, 4.69) is 21.0 Å². The predicted molar refractivity (Wildman–Crippen MR) is 128 cm³/mol. The third-order valence-electron chi connectivity index (χ3n) is 4.58. The van der Waals surface area contributed by atoms with E-state index >= 15 is 0 Å². The van der Waals surface area contributed by atoms with Crippen molar-refractivity contribution in [3.8, 4) is 5.75 Å². The minimum absolute atomic E-state index is 0.0527. The summed E-state index contributed by atoms with van der Waals surface area (Å²) >= 11 is 16.1. The second-order valence-electron chi connectivity index (χ2n) is 7.28. The van der Waals surface area contributed by atoms with Gasteiger partial charge in [0.05, 0.1) is 33.3 Å². The first-order valence-corrected chi connectivity index (χ1v) is 11.2. The summed E-state index contributed by atoms with van der Waals surface area (Å²) < 4.78 is 7.82. The lowest BCUT2D eigenvalue weighted by Crippen LogP contribution is -2.23. The van der Waals surface area contributed by atoms with Crippen LogP contribution in [0.1, 0.15) is 51.4 Å². The molecule has 0 amide bonds. The lowest BCUT2D eigenvalue weighted by Gasteiger charge is -2.14. The van der Waals surface area contributed by atoms with Crippen LogP contribution in [-0.2, 0) is 0 Å². The highest BCUT2D eigenvalue weighted by Crippen LogP contribution is 2.34. The highest BCUT2D eigenvalue weighted by Gasteiger charge is 2.16. The normalized spacial score (nSPS) is 12.8. The molecule has 30 heavy (non-hydrogen) atoms. The van der Waals surface area contributed by atoms with Gasteiger partial charge in [0.25, 0.3) is 5.56 Å². The first-order chi connectivity index (χ1) is 14.2. The molecule has 0 radical (unpaired) electrons. The van der Waals surface area contributed by atoms with Crippen LogP contribution in [0.2, 0.25) is 10.0 Å². The van der Waals surface area contributed by atoms with Gasteiger partial charge in [0.2, 0.25) is 0 Å². The molecule has 0 saturated carbocycles. The molecule has 0 aliphatic carbocycles. The third kappa shape index (κ3) is 4.88. The summed E-state index contributed by atoms with van der Waals surface area (Å²) in [6.45, 7) is 7.86. The van der Waals surface area contributed by atoms with Crippen molar-refractivity contribution in [2.24, 2.45) is 5.10 Å². The van der Waals surface area contributed by atoms with Gasteiger partial charge in [-0.05, 0) is 56.2 Å². The molecule has 1 atom stereocenters. The first kappa shape index (κ1) is 22.8. The quantitative estimate of drug-likeness (QED) is 0.349. The fourth-order valence-corrected chi connectivity index (χ4v) is 3.86. The van der Waals surface area contributed by atoms with Crippen molar-refractivity contribution in [3.63, 3.8) is 0 Å². The summed E-state index contributed by atoms with van der Waals surface area (Å²) in [6.07, 6.45) is 2.32. The molecule has 0 aliphatic rings. The number of ether oxygens (including phenoxy) is 1. The number of aromatic nitrogens is 2. The molecular formula is C22H22BrCl2N3O2. The fourth-order valence-electron chi connectivity index (χ4n) is 2.91. The van der Waals surface area contributed by atoms with Crippen LogP contribution in [0.4, 0.5) is 0 Å². The second-order valence-corrected chi connectivity index (χ2v) is 9.01. The summed E-state index contributed by atoms with van der Waals surface area (Å²) in [7, 11) is 0. The van der Waals surface area contributed by atoms with Crippen LogP contribution in [0.25, 0.3) is 10.9 Å². The van der Waals surface area contributed by atoms with E-state index in [4.69, 9.17) is 32.9 Å². The molecule has 0 N–H and O–H groups in total. The van der Waals surface area contributed by atoms with Crippen LogP contribution in [0.5, 0.6) is 5.75 Å². The second kappa shape index (κ2) is 9.50. The average Bonchev–Trinajstić information content (AvgIpc) is 2.69. The third-order valence-corrected chi connectivity index (χ3v) is 5.64. The summed E-state index contributed by atoms with van der Waals surface area (Å²) in [5, 5.41) is 5.70. The average molecular weight is 511 g/mol. The van der Waals surface area contributed by atoms with Crippen molar-refractivity contribution in [2.75, 3.05) is 0 Å². The molecule has 1 aromatic heterocycles. The molecule has 0 fully saturated rings. The highest BCUT2D eigenvalue weighted by molar-refractivity contribution is 9.10. The molecule has 0 bridgehead atoms. The van der Waals surface area contributed by atoms with Gasteiger partial charge in [-0.25, -0.2) is 4.98 Å². The predicted octanol–water partition coefficient (Wildman–Crippen LogP) is 6.65. The van der Waals surface area contributed by atoms with Gasteiger partial charge in [-0.1, -0.05) is 53.0 Å². The van der Waals surface area contributed by atoms with Crippen molar-refractivity contribution in [1.82, 2.24) is 9.66 Å². The van der Waals surface area contributed by atoms with E-state index in [1.807, 2.05) is 39.8 Å². The molecule has 5 nitrogen and oxygen atoms in total. The number of halogens is 3. The molecule has 1 heterocycles. The molecule has 0 saturated heterocycles. The van der Waals surface area contributed by atoms with Gasteiger partial charge in [-0.2, -0.15) is 9.78 Å². The van der Waals surface area contributed by atoms with Gasteiger partial charge >= 0.3 is 0 Å². The Kier molecular flexibility index (Phi) is 7.22. The largest absolute Gasteiger partial charge is 0.488 e. The Balaban J connectivity index is 2.11. The zero-order valence-electron chi connectivity index (χ0n) is 17.1. The van der Waals surface area contributed by atoms with E-state index in [-0.39, 0.29) is 17.6 Å². The summed E-state index contributed by atoms with van der Waals surface area (Å²) in [4.78, 5) is 17.9. The Hall–Kier alpha value is -1.89. The summed E-state index contributed by atoms with van der Waals surface area (Å²) in [5.74, 6) is 1.09. The number of hydrogen-bond acceptors (Lipinski definition) is 4. The van der Waals surface area contributed by atoms with Crippen molar-refractivity contribution >= 4 is 56.2 Å². The zero-order valence-corrected chi connectivity index (χ0v) is 20.2. The number of hydrogen-bond donors (Lipinski definition) is 0. The van der Waals surface area contributed by atoms with E-state index < -0.39 is 0 Å². The fraction of sp³-hybridized carbons (Fsp3) is 0.318. The first-order valence-electron chi connectivity index (χ1n) is 9.63. The number of rotatable bonds is 6. The van der Waals surface area contributed by atoms with Crippen LogP contribution < -0.4 is 10.3 Å². The van der Waals surface area contributed by atoms with Crippen LogP contribution in [0.15, 0.2) is 44.7 Å². The maximum absolute atomic E-state index is 13.2. The lowest BCUT2D eigenvalue weighted by molar-refractivity contribution is 0.243. The van der Waals surface area contributed by atoms with E-state index in [9.17, 15) is 4.79 Å². The molecule has 3 rings (SSSR count). The number of benzene rings is 2. The van der Waals surface area contributed by atoms with Gasteiger partial charge < -0.3 is 4.74 Å². The van der Waals surface area contributed by atoms with Crippen LogP contribution >= 0.6 is 39.1 Å². The Morgan fingerprint density at radius 3 is 2.47 bits per heavy atom. The van der Waals surface area contributed by atoms with E-state index in [0.29, 0.717) is 38.1 Å². The van der Waals surface area contributed by atoms with Crippen molar-refractivity contribution in [1.29, 1.82) is 0 Å². The van der Waals surface area contributed by atoms with E-state index in [1.54, 1.807) is 24.4 Å². The van der Waals surface area contributed by atoms with Gasteiger partial charge in [0.15, 0.2) is 5.75 Å². The summed E-state index contributed by atoms with van der Waals surface area (Å²) in [6, 6.07) is 8.85. The van der Waals surface area contributed by atoms with Crippen LogP contribution in [0.3, 0.4) is 0 Å². The molecule has 8 heteroatoms. The van der Waals surface area contributed by atoms with Crippen molar-refractivity contribution < 1.29 is 4.74 Å². The Labute approximate surface area is 193 Å². The number of fused-ring (bicyclic) bond motifs is 1. The van der Waals surface area contributed by atoms with Crippen LogP contribution in [0, 0.1) is 0 Å². The Bertz CT molecular complexity index is 1150. The Morgan fingerprint density at radius 2 is 1.87 bits per heavy atom. The standard InChI is InChI=1S/C22H22BrCl2N3O2/c1-5-13(4)21-27-19-7-6-15(23)10-16(19)22(29)28(21)26-11-14-8-17(24)20(18(25)9-14)30-12(2)3/h6-13H,5H2,1-4H3/t13-/m1/s1. The van der Waals surface area contributed by atoms with Gasteiger partial charge in [0.1, 0.15) is 5.82 Å². The SMILES string of the molecule is CC[C@@H](C)c1nc2ccc(Br)cc2c(=O)n1N=Cc1cc(Cl)c(OC(C)C)c(Cl)c1. The van der Waals surface area contributed by atoms with Gasteiger partial charge in [0, 0.05) is 10.4 Å². The maximum Gasteiger partial charge on any atom is 0.282 e. The smallest absolute Gasteiger partial charge is 0.282 e. The van der Waals surface area contributed by atoms with Crippen molar-refractivity contribution in [2.45, 2.75) is 46.1 Å². The number of nitrogens with zero attached hydrogens (tertiary/aromatic N) is 3. The Morgan fingerprint density at radius 1 is 1.20 bits per heavy atom. The molecule has 158 valence electrons. The minimum atomic E-state index is -0.232. The summed E-state index contributed by atoms with van der Waals surface area (Å²) in [5.41, 5.74) is 1.06. The minimum Gasteiger partial charge on any atom is -0.488 e. The topological polar surface area (TPSA) is 56.5 Å². The highest BCUT2D eigenvalue weighted by atomic mass is 79.9. The van der Waals surface area contributed by atoms with E-state index in [1.165, 1.54) is 4.68 Å². The molecule has 0 unspecified atom stereocenters. The maximum atomic E-state index is 13.2. The van der Waals surface area contributed by atoms with Crippen LogP contribution in [-0.4, -0.2) is 22.0 Å². The van der Waals surface area contributed by atoms with Crippen molar-refractivity contribution in [3.05, 3.63) is 66.6 Å².